The van der Waals surface area contributed by atoms with Crippen molar-refractivity contribution in [3.63, 3.8) is 0 Å². The minimum absolute atomic E-state index is 0.100. The molecule has 0 amide bonds. The van der Waals surface area contributed by atoms with Gasteiger partial charge in [-0.1, -0.05) is 13.3 Å². The van der Waals surface area contributed by atoms with Crippen LogP contribution in [0.15, 0.2) is 12.4 Å². The Morgan fingerprint density at radius 2 is 1.86 bits per heavy atom. The van der Waals surface area contributed by atoms with E-state index in [2.05, 4.69) is 45.1 Å². The number of hydrogen-bond donors (Lipinski definition) is 1. The zero-order chi connectivity index (χ0) is 16.8. The molecular formula is C13H28N2O6S. The molecule has 22 heavy (non-hydrogen) atoms. The number of hydrogen-bond acceptors (Lipinski definition) is 7. The topological polar surface area (TPSA) is 88.5 Å². The van der Waals surface area contributed by atoms with Gasteiger partial charge in [-0.2, -0.15) is 8.42 Å². The predicted octanol–water partition coefficient (Wildman–Crippen LogP) is 0.931. The van der Waals surface area contributed by atoms with Crippen molar-refractivity contribution in [3.8, 4) is 0 Å². The molecule has 0 unspecified atom stereocenters. The number of nitrogens with zero attached hydrogens (tertiary/aromatic N) is 2. The highest BCUT2D eigenvalue weighted by molar-refractivity contribution is 7.80. The van der Waals surface area contributed by atoms with Crippen molar-refractivity contribution < 1.29 is 26.6 Å². The summed E-state index contributed by atoms with van der Waals surface area (Å²) in [6.45, 7) is 5.21. The first kappa shape index (κ1) is 21.1. The molecule has 0 atom stereocenters. The maximum atomic E-state index is 9.97. The molecule has 1 aliphatic heterocycles. The van der Waals surface area contributed by atoms with Gasteiger partial charge in [-0.15, -0.1) is 0 Å². The van der Waals surface area contributed by atoms with Gasteiger partial charge in [0.1, 0.15) is 0 Å². The summed E-state index contributed by atoms with van der Waals surface area (Å²) in [5, 5.41) is 0. The fourth-order valence-corrected chi connectivity index (χ4v) is 1.82. The van der Waals surface area contributed by atoms with Gasteiger partial charge in [0.15, 0.2) is 0 Å². The molecule has 0 radical (unpaired) electrons. The van der Waals surface area contributed by atoms with E-state index in [0.29, 0.717) is 13.2 Å². The molecule has 0 bridgehead atoms. The van der Waals surface area contributed by atoms with Gasteiger partial charge in [0.05, 0.1) is 33.1 Å². The third-order valence-corrected chi connectivity index (χ3v) is 3.09. The SMILES string of the molecule is CCCCN1C=CN(C)C1.COCCOCCOS(=O)(=O)O. The Kier molecular flexibility index (Phi) is 12.2. The smallest absolute Gasteiger partial charge is 0.382 e. The molecule has 132 valence electrons. The van der Waals surface area contributed by atoms with Crippen LogP contribution in [-0.2, 0) is 24.1 Å². The van der Waals surface area contributed by atoms with Crippen molar-refractivity contribution in [2.45, 2.75) is 19.8 Å². The molecule has 0 aromatic carbocycles. The van der Waals surface area contributed by atoms with Gasteiger partial charge in [-0.3, -0.25) is 4.55 Å². The van der Waals surface area contributed by atoms with Crippen molar-refractivity contribution in [2.75, 3.05) is 53.8 Å². The fourth-order valence-electron chi connectivity index (χ4n) is 1.54. The molecule has 0 aromatic rings. The number of ether oxygens (including phenoxy) is 2. The van der Waals surface area contributed by atoms with Crippen LogP contribution in [0.4, 0.5) is 0 Å². The summed E-state index contributed by atoms with van der Waals surface area (Å²) >= 11 is 0. The molecule has 0 saturated carbocycles. The Labute approximate surface area is 133 Å². The van der Waals surface area contributed by atoms with Crippen molar-refractivity contribution in [3.05, 3.63) is 12.4 Å². The summed E-state index contributed by atoms with van der Waals surface area (Å²) in [5.41, 5.74) is 0. The van der Waals surface area contributed by atoms with Gasteiger partial charge in [0.25, 0.3) is 0 Å². The van der Waals surface area contributed by atoms with Crippen molar-refractivity contribution in [2.24, 2.45) is 0 Å². The molecule has 8 nitrogen and oxygen atoms in total. The minimum Gasteiger partial charge on any atom is -0.382 e. The molecule has 1 rings (SSSR count). The van der Waals surface area contributed by atoms with E-state index >= 15 is 0 Å². The van der Waals surface area contributed by atoms with Crippen molar-refractivity contribution in [1.29, 1.82) is 0 Å². The Hall–Kier alpha value is -0.870. The fraction of sp³-hybridized carbons (Fsp3) is 0.846. The van der Waals surface area contributed by atoms with E-state index < -0.39 is 10.4 Å². The summed E-state index contributed by atoms with van der Waals surface area (Å²) in [7, 11) is -0.703. The molecule has 1 N–H and O–H groups in total. The Bertz CT molecular complexity index is 388. The van der Waals surface area contributed by atoms with Crippen molar-refractivity contribution >= 4 is 10.4 Å². The predicted molar refractivity (Wildman–Crippen MR) is 83.6 cm³/mol. The molecule has 0 saturated heterocycles. The van der Waals surface area contributed by atoms with E-state index in [0.717, 1.165) is 6.67 Å². The van der Waals surface area contributed by atoms with Gasteiger partial charge in [-0.05, 0) is 6.42 Å². The number of rotatable bonds is 10. The lowest BCUT2D eigenvalue weighted by Gasteiger charge is -2.17. The molecule has 0 fully saturated rings. The van der Waals surface area contributed by atoms with E-state index in [4.69, 9.17) is 9.29 Å². The molecule has 0 aromatic heterocycles. The maximum absolute atomic E-state index is 9.97. The normalized spacial score (nSPS) is 14.2. The Balaban J connectivity index is 0.000000406. The van der Waals surface area contributed by atoms with E-state index in [-0.39, 0.29) is 13.2 Å². The van der Waals surface area contributed by atoms with Crippen LogP contribution >= 0.6 is 0 Å². The Morgan fingerprint density at radius 1 is 1.18 bits per heavy atom. The van der Waals surface area contributed by atoms with Crippen LogP contribution in [0.25, 0.3) is 0 Å². The van der Waals surface area contributed by atoms with Crippen LogP contribution in [-0.4, -0.2) is 76.6 Å². The largest absolute Gasteiger partial charge is 0.397 e. The van der Waals surface area contributed by atoms with Crippen LogP contribution in [0.1, 0.15) is 19.8 Å². The quantitative estimate of drug-likeness (QED) is 0.464. The lowest BCUT2D eigenvalue weighted by atomic mass is 10.3. The number of unbranched alkanes of at least 4 members (excludes halogenated alkanes) is 1. The second kappa shape index (κ2) is 12.7. The van der Waals surface area contributed by atoms with E-state index in [9.17, 15) is 8.42 Å². The van der Waals surface area contributed by atoms with Gasteiger partial charge >= 0.3 is 10.4 Å². The van der Waals surface area contributed by atoms with Gasteiger partial charge in [0.2, 0.25) is 0 Å². The third kappa shape index (κ3) is 14.1. The van der Waals surface area contributed by atoms with E-state index in [1.807, 2.05) is 0 Å². The Morgan fingerprint density at radius 3 is 2.36 bits per heavy atom. The standard InChI is InChI=1S/C8H16N2.C5H12O6S/c1-3-4-5-10-7-6-9(2)8-10;1-9-2-3-10-4-5-11-12(6,7)8/h6-7H,3-5,8H2,1-2H3;2-5H2,1H3,(H,6,7,8). The zero-order valence-corrected chi connectivity index (χ0v) is 14.4. The van der Waals surface area contributed by atoms with Gasteiger partial charge in [-0.25, -0.2) is 4.18 Å². The zero-order valence-electron chi connectivity index (χ0n) is 13.6. The average Bonchev–Trinajstić information content (AvgIpc) is 2.86. The van der Waals surface area contributed by atoms with Gasteiger partial charge in [0, 0.05) is 33.1 Å². The molecule has 0 spiro atoms. The third-order valence-electron chi connectivity index (χ3n) is 2.63. The van der Waals surface area contributed by atoms with Crippen molar-refractivity contribution in [1.82, 2.24) is 9.80 Å². The van der Waals surface area contributed by atoms with E-state index in [1.54, 1.807) is 0 Å². The van der Waals surface area contributed by atoms with E-state index in [1.165, 1.54) is 26.5 Å². The first-order valence-corrected chi connectivity index (χ1v) is 8.56. The minimum atomic E-state index is -4.33. The van der Waals surface area contributed by atoms with Crippen LogP contribution in [0.5, 0.6) is 0 Å². The van der Waals surface area contributed by atoms with Crippen LogP contribution in [0.3, 0.4) is 0 Å². The summed E-state index contributed by atoms with van der Waals surface area (Å²) in [4.78, 5) is 4.53. The second-order valence-corrected chi connectivity index (χ2v) is 5.81. The average molecular weight is 340 g/mol. The lowest BCUT2D eigenvalue weighted by molar-refractivity contribution is 0.0534. The summed E-state index contributed by atoms with van der Waals surface area (Å²) < 4.78 is 41.5. The van der Waals surface area contributed by atoms with Gasteiger partial charge < -0.3 is 19.3 Å². The highest BCUT2D eigenvalue weighted by Gasteiger charge is 2.05. The van der Waals surface area contributed by atoms with Crippen LogP contribution < -0.4 is 0 Å². The second-order valence-electron chi connectivity index (χ2n) is 4.72. The summed E-state index contributed by atoms with van der Waals surface area (Å²) in [6, 6.07) is 0. The molecule has 9 heteroatoms. The highest BCUT2D eigenvalue weighted by Crippen LogP contribution is 2.04. The molecule has 0 aliphatic carbocycles. The highest BCUT2D eigenvalue weighted by atomic mass is 32.3. The monoisotopic (exact) mass is 340 g/mol. The van der Waals surface area contributed by atoms with Crippen LogP contribution in [0, 0.1) is 0 Å². The first-order chi connectivity index (χ1) is 10.4. The molecule has 1 heterocycles. The summed E-state index contributed by atoms with van der Waals surface area (Å²) in [5.74, 6) is 0. The van der Waals surface area contributed by atoms with Crippen LogP contribution in [0.2, 0.25) is 0 Å². The number of methoxy groups -OCH3 is 1. The molecule has 1 aliphatic rings. The maximum Gasteiger partial charge on any atom is 0.397 e. The lowest BCUT2D eigenvalue weighted by Crippen LogP contribution is -2.23. The summed E-state index contributed by atoms with van der Waals surface area (Å²) in [6.07, 6.45) is 6.87. The first-order valence-electron chi connectivity index (χ1n) is 7.20. The molecular weight excluding hydrogens is 312 g/mol.